The van der Waals surface area contributed by atoms with Crippen LogP contribution in [0.1, 0.15) is 57.2 Å². The monoisotopic (exact) mass is 450 g/mol. The van der Waals surface area contributed by atoms with Gasteiger partial charge < -0.3 is 9.36 Å². The number of hydrogen-bond donors (Lipinski definition) is 0. The van der Waals surface area contributed by atoms with Gasteiger partial charge in [0.05, 0.1) is 5.69 Å². The van der Waals surface area contributed by atoms with Gasteiger partial charge in [-0.3, -0.25) is 4.98 Å². The summed E-state index contributed by atoms with van der Waals surface area (Å²) in [6.45, 7) is 12.2. The van der Waals surface area contributed by atoms with Gasteiger partial charge in [0.1, 0.15) is 11.5 Å². The number of oxime groups is 1. The predicted octanol–water partition coefficient (Wildman–Crippen LogP) is 6.50. The maximum Gasteiger partial charge on any atom is 0.229 e. The molecule has 0 aliphatic heterocycles. The van der Waals surface area contributed by atoms with Crippen LogP contribution in [0.15, 0.2) is 69.5 Å². The highest BCUT2D eigenvalue weighted by atomic mass is 32.2. The first kappa shape index (κ1) is 23.7. The minimum atomic E-state index is 0.155. The molecule has 0 fully saturated rings. The number of pyridine rings is 1. The lowest BCUT2D eigenvalue weighted by atomic mass is 9.95. The van der Waals surface area contributed by atoms with E-state index in [1.165, 1.54) is 5.56 Å². The van der Waals surface area contributed by atoms with E-state index < -0.39 is 0 Å². The van der Waals surface area contributed by atoms with Crippen LogP contribution in [0.3, 0.4) is 0 Å². The van der Waals surface area contributed by atoms with Gasteiger partial charge in [0, 0.05) is 28.5 Å². The van der Waals surface area contributed by atoms with Gasteiger partial charge in [-0.15, -0.1) is 11.8 Å². The Labute approximate surface area is 194 Å². The van der Waals surface area contributed by atoms with Crippen LogP contribution in [0, 0.1) is 5.92 Å². The summed E-state index contributed by atoms with van der Waals surface area (Å²) in [6, 6.07) is 12.2. The highest BCUT2D eigenvalue weighted by Crippen LogP contribution is 2.24. The first-order chi connectivity index (χ1) is 15.4. The van der Waals surface area contributed by atoms with Crippen molar-refractivity contribution in [1.82, 2.24) is 15.1 Å². The van der Waals surface area contributed by atoms with E-state index in [1.54, 1.807) is 11.8 Å². The van der Waals surface area contributed by atoms with Crippen LogP contribution < -0.4 is 0 Å². The third kappa shape index (κ3) is 6.07. The topological polar surface area (TPSA) is 73.4 Å². The van der Waals surface area contributed by atoms with Crippen LogP contribution in [-0.4, -0.2) is 27.1 Å². The molecule has 1 aromatic carbocycles. The maximum atomic E-state index is 5.67. The van der Waals surface area contributed by atoms with Crippen molar-refractivity contribution in [3.63, 3.8) is 0 Å². The van der Waals surface area contributed by atoms with Gasteiger partial charge in [-0.1, -0.05) is 61.9 Å². The Kier molecular flexibility index (Phi) is 8.22. The van der Waals surface area contributed by atoms with Crippen molar-refractivity contribution >= 4 is 17.5 Å². The highest BCUT2D eigenvalue weighted by molar-refractivity contribution is 7.98. The normalized spacial score (nSPS) is 12.8. The van der Waals surface area contributed by atoms with Crippen LogP contribution in [0.25, 0.3) is 11.4 Å². The highest BCUT2D eigenvalue weighted by Gasteiger charge is 2.15. The number of thioether (sulfide) groups is 1. The zero-order valence-electron chi connectivity index (χ0n) is 19.3. The molecule has 0 saturated heterocycles. The third-order valence-electron chi connectivity index (χ3n) is 5.22. The molecule has 0 saturated carbocycles. The van der Waals surface area contributed by atoms with Gasteiger partial charge in [-0.25, -0.2) is 0 Å². The summed E-state index contributed by atoms with van der Waals surface area (Å²) in [5.74, 6) is 2.28. The first-order valence-electron chi connectivity index (χ1n) is 10.7. The van der Waals surface area contributed by atoms with E-state index >= 15 is 0 Å². The summed E-state index contributed by atoms with van der Waals surface area (Å²) in [4.78, 5) is 15.7. The largest absolute Gasteiger partial charge is 0.361 e. The summed E-state index contributed by atoms with van der Waals surface area (Å²) < 4.78 is 5.31. The van der Waals surface area contributed by atoms with E-state index in [9.17, 15) is 0 Å². The molecule has 2 aromatic heterocycles. The molecule has 0 bridgehead atoms. The van der Waals surface area contributed by atoms with E-state index in [0.717, 1.165) is 34.7 Å². The lowest BCUT2D eigenvalue weighted by molar-refractivity contribution is 0.187. The fraction of sp³-hybridized carbons (Fsp3) is 0.360. The smallest absolute Gasteiger partial charge is 0.229 e. The number of aromatic nitrogens is 3. The van der Waals surface area contributed by atoms with Crippen LogP contribution in [-0.2, 0) is 11.3 Å². The summed E-state index contributed by atoms with van der Waals surface area (Å²) in [7, 11) is 0. The Morgan fingerprint density at radius 1 is 1.19 bits per heavy atom. The Morgan fingerprint density at radius 3 is 2.50 bits per heavy atom. The standard InChI is InChI=1S/C25H30N4O2S/c1-7-20(18(5)30-28-17(4)23-13-12-22(32-6)15-26-23)14-19-8-10-21(11-9-19)24-27-25(16(2)3)31-29-24/h8-13,15-16,20H,5,7,14H2,1-4,6H3/b28-17+. The van der Waals surface area contributed by atoms with Gasteiger partial charge in [-0.2, -0.15) is 4.98 Å². The fourth-order valence-corrected chi connectivity index (χ4v) is 3.47. The van der Waals surface area contributed by atoms with Crippen molar-refractivity contribution in [2.45, 2.75) is 51.3 Å². The van der Waals surface area contributed by atoms with Crippen LogP contribution in [0.2, 0.25) is 0 Å². The van der Waals surface area contributed by atoms with E-state index in [0.29, 0.717) is 17.5 Å². The lowest BCUT2D eigenvalue weighted by Gasteiger charge is -2.16. The molecule has 7 heteroatoms. The number of nitrogens with zero attached hydrogens (tertiary/aromatic N) is 4. The van der Waals surface area contributed by atoms with Gasteiger partial charge in [0.15, 0.2) is 0 Å². The molecular formula is C25H30N4O2S. The Morgan fingerprint density at radius 2 is 1.94 bits per heavy atom. The second kappa shape index (κ2) is 11.1. The van der Waals surface area contributed by atoms with E-state index in [1.807, 2.05) is 57.5 Å². The zero-order valence-corrected chi connectivity index (χ0v) is 20.1. The summed E-state index contributed by atoms with van der Waals surface area (Å²) in [5.41, 5.74) is 3.64. The lowest BCUT2D eigenvalue weighted by Crippen LogP contribution is -2.09. The van der Waals surface area contributed by atoms with Crippen LogP contribution in [0.5, 0.6) is 0 Å². The molecule has 0 N–H and O–H groups in total. The number of allylic oxidation sites excluding steroid dienone is 1. The van der Waals surface area contributed by atoms with Crippen molar-refractivity contribution in [2.75, 3.05) is 6.26 Å². The molecule has 0 aliphatic rings. The third-order valence-corrected chi connectivity index (χ3v) is 5.93. The maximum absolute atomic E-state index is 5.67. The minimum absolute atomic E-state index is 0.155. The van der Waals surface area contributed by atoms with Crippen molar-refractivity contribution in [2.24, 2.45) is 11.1 Å². The molecule has 3 aromatic rings. The molecule has 6 nitrogen and oxygen atoms in total. The zero-order chi connectivity index (χ0) is 23.1. The molecular weight excluding hydrogens is 420 g/mol. The molecule has 0 amide bonds. The van der Waals surface area contributed by atoms with E-state index in [2.05, 4.69) is 45.9 Å². The second-order valence-corrected chi connectivity index (χ2v) is 8.81. The van der Waals surface area contributed by atoms with Crippen molar-refractivity contribution in [1.29, 1.82) is 0 Å². The van der Waals surface area contributed by atoms with Crippen LogP contribution in [0.4, 0.5) is 0 Å². The van der Waals surface area contributed by atoms with Gasteiger partial charge in [0.25, 0.3) is 0 Å². The Hall–Kier alpha value is -2.93. The quantitative estimate of drug-likeness (QED) is 0.152. The molecule has 1 unspecified atom stereocenters. The van der Waals surface area contributed by atoms with Crippen molar-refractivity contribution in [3.8, 4) is 11.4 Å². The summed E-state index contributed by atoms with van der Waals surface area (Å²) in [5, 5.41) is 8.33. The summed E-state index contributed by atoms with van der Waals surface area (Å²) in [6.07, 6.45) is 5.58. The molecule has 2 heterocycles. The number of rotatable bonds is 10. The van der Waals surface area contributed by atoms with Gasteiger partial charge in [-0.05, 0) is 43.7 Å². The van der Waals surface area contributed by atoms with Crippen LogP contribution >= 0.6 is 11.8 Å². The first-order valence-corrected chi connectivity index (χ1v) is 12.0. The van der Waals surface area contributed by atoms with Crippen molar-refractivity contribution in [3.05, 3.63) is 72.1 Å². The second-order valence-electron chi connectivity index (χ2n) is 7.93. The molecule has 32 heavy (non-hydrogen) atoms. The molecule has 0 aliphatic carbocycles. The van der Waals surface area contributed by atoms with Gasteiger partial charge in [0.2, 0.25) is 11.7 Å². The average Bonchev–Trinajstić information content (AvgIpc) is 3.32. The number of benzene rings is 1. The number of hydrogen-bond acceptors (Lipinski definition) is 7. The average molecular weight is 451 g/mol. The predicted molar refractivity (Wildman–Crippen MR) is 130 cm³/mol. The molecule has 0 radical (unpaired) electrons. The molecule has 1 atom stereocenters. The Balaban J connectivity index is 1.61. The molecule has 0 spiro atoms. The SMILES string of the molecule is C=C(O/N=C(\C)c1ccc(SC)cn1)C(CC)Cc1ccc(-c2noc(C(C)C)n2)cc1. The fourth-order valence-electron chi connectivity index (χ4n) is 3.11. The van der Waals surface area contributed by atoms with E-state index in [4.69, 9.17) is 9.36 Å². The molecule has 3 rings (SSSR count). The minimum Gasteiger partial charge on any atom is -0.361 e. The van der Waals surface area contributed by atoms with Gasteiger partial charge >= 0.3 is 0 Å². The van der Waals surface area contributed by atoms with Crippen molar-refractivity contribution < 1.29 is 9.36 Å². The Bertz CT molecular complexity index is 1060. The summed E-state index contributed by atoms with van der Waals surface area (Å²) >= 11 is 1.66. The molecule has 168 valence electrons. The van der Waals surface area contributed by atoms with E-state index in [-0.39, 0.29) is 11.8 Å².